The number of hydrogen-bond acceptors (Lipinski definition) is 0. The van der Waals surface area contributed by atoms with Crippen LogP contribution < -0.4 is 0 Å². The second kappa shape index (κ2) is 15.0. The number of unbranched alkanes of at least 4 members (excludes halogenated alkanes) is 12. The van der Waals surface area contributed by atoms with Crippen LogP contribution in [0.5, 0.6) is 0 Å². The van der Waals surface area contributed by atoms with Gasteiger partial charge in [-0.15, -0.1) is 0 Å². The third kappa shape index (κ3) is 17.1. The number of rotatable bonds is 18. The van der Waals surface area contributed by atoms with Gasteiger partial charge < -0.3 is 8.97 Å². The van der Waals surface area contributed by atoms with E-state index in [1.54, 1.807) is 0 Å². The second-order valence-electron chi connectivity index (χ2n) is 9.55. The van der Waals surface area contributed by atoms with Crippen molar-refractivity contribution in [2.24, 2.45) is 0 Å². The van der Waals surface area contributed by atoms with Gasteiger partial charge >= 0.3 is 0 Å². The van der Waals surface area contributed by atoms with E-state index >= 15 is 0 Å². The maximum Gasteiger partial charge on any atom is 0.0782 e. The van der Waals surface area contributed by atoms with Crippen LogP contribution in [0.3, 0.4) is 0 Å². The molecule has 0 spiro atoms. The number of quaternary nitrogens is 2. The topological polar surface area (TPSA) is 0 Å². The molecular weight excluding hydrogens is 304 g/mol. The molecule has 2 heteroatoms. The zero-order valence-corrected chi connectivity index (χ0v) is 18.9. The lowest BCUT2D eigenvalue weighted by molar-refractivity contribution is -0.888. The van der Waals surface area contributed by atoms with Gasteiger partial charge in [0, 0.05) is 0 Å². The molecule has 25 heavy (non-hydrogen) atoms. The maximum absolute atomic E-state index is 2.35. The van der Waals surface area contributed by atoms with Crippen molar-refractivity contribution in [2.45, 2.75) is 97.3 Å². The predicted octanol–water partition coefficient (Wildman–Crippen LogP) is 6.25. The zero-order chi connectivity index (χ0) is 19.0. The van der Waals surface area contributed by atoms with Crippen LogP contribution in [0, 0.1) is 0 Å². The molecule has 0 saturated heterocycles. The maximum atomic E-state index is 2.35. The van der Waals surface area contributed by atoms with Gasteiger partial charge in [-0.25, -0.2) is 0 Å². The van der Waals surface area contributed by atoms with Gasteiger partial charge in [-0.3, -0.25) is 0 Å². The van der Waals surface area contributed by atoms with Gasteiger partial charge in [-0.2, -0.15) is 0 Å². The van der Waals surface area contributed by atoms with E-state index in [-0.39, 0.29) is 0 Å². The summed E-state index contributed by atoms with van der Waals surface area (Å²) < 4.78 is 2.38. The highest BCUT2D eigenvalue weighted by Gasteiger charge is 2.10. The summed E-state index contributed by atoms with van der Waals surface area (Å²) in [5.41, 5.74) is 0. The van der Waals surface area contributed by atoms with Gasteiger partial charge in [0.1, 0.15) is 0 Å². The Morgan fingerprint density at radius 1 is 0.360 bits per heavy atom. The van der Waals surface area contributed by atoms with Crippen molar-refractivity contribution >= 4 is 0 Å². The van der Waals surface area contributed by atoms with Crippen molar-refractivity contribution in [3.05, 3.63) is 0 Å². The van der Waals surface area contributed by atoms with Gasteiger partial charge in [0.15, 0.2) is 0 Å². The van der Waals surface area contributed by atoms with E-state index in [0.717, 1.165) is 0 Å². The lowest BCUT2D eigenvalue weighted by atomic mass is 10.0. The smallest absolute Gasteiger partial charge is 0.0782 e. The predicted molar refractivity (Wildman–Crippen MR) is 115 cm³/mol. The Bertz CT molecular complexity index is 256. The van der Waals surface area contributed by atoms with E-state index in [0.29, 0.717) is 0 Å². The van der Waals surface area contributed by atoms with Gasteiger partial charge in [0.25, 0.3) is 0 Å². The molecule has 0 bridgehead atoms. The standard InChI is InChI=1S/C23H52N2/c1-7-24(3,4)22-20-18-16-14-12-10-9-11-13-15-17-19-21-23-25(5,6)8-2/h7-23H2,1-6H3/q+2. The highest BCUT2D eigenvalue weighted by molar-refractivity contribution is 4.49. The second-order valence-corrected chi connectivity index (χ2v) is 9.55. The first-order valence-corrected chi connectivity index (χ1v) is 11.5. The van der Waals surface area contributed by atoms with Crippen molar-refractivity contribution in [2.75, 3.05) is 54.4 Å². The largest absolute Gasteiger partial charge is 0.329 e. The Kier molecular flexibility index (Phi) is 15.0. The summed E-state index contributed by atoms with van der Waals surface area (Å²) in [6.07, 6.45) is 18.9. The third-order valence-electron chi connectivity index (χ3n) is 6.24. The Morgan fingerprint density at radius 3 is 0.760 bits per heavy atom. The molecule has 2 nitrogen and oxygen atoms in total. The van der Waals surface area contributed by atoms with Gasteiger partial charge in [0.05, 0.1) is 54.4 Å². The van der Waals surface area contributed by atoms with Gasteiger partial charge in [-0.05, 0) is 39.5 Å². The van der Waals surface area contributed by atoms with E-state index in [1.807, 2.05) is 0 Å². The molecule has 0 radical (unpaired) electrons. The lowest BCUT2D eigenvalue weighted by Gasteiger charge is -2.28. The summed E-state index contributed by atoms with van der Waals surface area (Å²) in [5, 5.41) is 0. The third-order valence-corrected chi connectivity index (χ3v) is 6.24. The van der Waals surface area contributed by atoms with Crippen molar-refractivity contribution in [3.8, 4) is 0 Å². The van der Waals surface area contributed by atoms with Crippen molar-refractivity contribution < 1.29 is 8.97 Å². The number of hydrogen-bond donors (Lipinski definition) is 0. The molecule has 0 unspecified atom stereocenters. The summed E-state index contributed by atoms with van der Waals surface area (Å²) in [6.45, 7) is 9.82. The fourth-order valence-electron chi connectivity index (χ4n) is 3.34. The minimum atomic E-state index is 1.19. The first-order valence-electron chi connectivity index (χ1n) is 11.5. The van der Waals surface area contributed by atoms with Crippen molar-refractivity contribution in [1.29, 1.82) is 0 Å². The van der Waals surface area contributed by atoms with Crippen LogP contribution in [-0.2, 0) is 0 Å². The molecule has 0 aromatic carbocycles. The summed E-state index contributed by atoms with van der Waals surface area (Å²) in [5.74, 6) is 0. The average Bonchev–Trinajstić information content (AvgIpc) is 2.58. The van der Waals surface area contributed by atoms with Crippen LogP contribution in [0.25, 0.3) is 0 Å². The van der Waals surface area contributed by atoms with Crippen LogP contribution >= 0.6 is 0 Å². The van der Waals surface area contributed by atoms with Crippen LogP contribution in [0.15, 0.2) is 0 Å². The summed E-state index contributed by atoms with van der Waals surface area (Å²) in [7, 11) is 9.41. The first kappa shape index (κ1) is 24.9. The summed E-state index contributed by atoms with van der Waals surface area (Å²) in [4.78, 5) is 0. The van der Waals surface area contributed by atoms with Crippen molar-refractivity contribution in [3.63, 3.8) is 0 Å². The molecule has 0 saturated carbocycles. The van der Waals surface area contributed by atoms with E-state index < -0.39 is 0 Å². The van der Waals surface area contributed by atoms with Gasteiger partial charge in [0.2, 0.25) is 0 Å². The molecular formula is C23H52N2+2. The van der Waals surface area contributed by atoms with Crippen LogP contribution in [0.2, 0.25) is 0 Å². The first-order chi connectivity index (χ1) is 11.8. The summed E-state index contributed by atoms with van der Waals surface area (Å²) >= 11 is 0. The van der Waals surface area contributed by atoms with E-state index in [1.165, 1.54) is 119 Å². The SMILES string of the molecule is CC[N+](C)(C)CCCCCCCCCCCCCCC[N+](C)(C)CC. The van der Waals surface area contributed by atoms with Crippen molar-refractivity contribution in [1.82, 2.24) is 0 Å². The minimum absolute atomic E-state index is 1.19. The molecule has 0 fully saturated rings. The van der Waals surface area contributed by atoms with E-state index in [4.69, 9.17) is 0 Å². The molecule has 0 rings (SSSR count). The lowest BCUT2D eigenvalue weighted by Crippen LogP contribution is -2.39. The van der Waals surface area contributed by atoms with Gasteiger partial charge in [-0.1, -0.05) is 57.8 Å². The molecule has 0 aliphatic heterocycles. The highest BCUT2D eigenvalue weighted by atomic mass is 15.3. The molecule has 0 atom stereocenters. The monoisotopic (exact) mass is 356 g/mol. The fraction of sp³-hybridized carbons (Fsp3) is 1.00. The van der Waals surface area contributed by atoms with E-state index in [2.05, 4.69) is 42.0 Å². The summed E-state index contributed by atoms with van der Waals surface area (Å²) in [6, 6.07) is 0. The molecule has 0 aliphatic carbocycles. The molecule has 0 amide bonds. The number of nitrogens with zero attached hydrogens (tertiary/aromatic N) is 2. The molecule has 0 N–H and O–H groups in total. The molecule has 152 valence electrons. The normalized spacial score (nSPS) is 12.7. The van der Waals surface area contributed by atoms with E-state index in [9.17, 15) is 0 Å². The highest BCUT2D eigenvalue weighted by Crippen LogP contribution is 2.13. The average molecular weight is 357 g/mol. The van der Waals surface area contributed by atoms with Crippen LogP contribution in [0.1, 0.15) is 97.3 Å². The molecule has 0 aliphatic rings. The van der Waals surface area contributed by atoms with Crippen LogP contribution in [-0.4, -0.2) is 63.3 Å². The Hall–Kier alpha value is -0.0800. The fourth-order valence-corrected chi connectivity index (χ4v) is 3.34. The quantitative estimate of drug-likeness (QED) is 0.201. The zero-order valence-electron chi connectivity index (χ0n) is 18.9. The molecule has 0 heterocycles. The Labute approximate surface area is 161 Å². The Morgan fingerprint density at radius 2 is 0.560 bits per heavy atom. The minimum Gasteiger partial charge on any atom is -0.329 e. The molecule has 0 aromatic rings. The Balaban J connectivity index is 3.17. The molecule has 0 aromatic heterocycles. The van der Waals surface area contributed by atoms with Crippen LogP contribution in [0.4, 0.5) is 0 Å².